The number of nitrogens with zero attached hydrogens (tertiary/aromatic N) is 4. The number of fused-ring (bicyclic) bond motifs is 1. The molecule has 10 heteroatoms. The summed E-state index contributed by atoms with van der Waals surface area (Å²) in [5, 5.41) is 7.35. The van der Waals surface area contributed by atoms with Gasteiger partial charge in [-0.2, -0.15) is 5.10 Å². The zero-order chi connectivity index (χ0) is 26.2. The molecule has 0 fully saturated rings. The van der Waals surface area contributed by atoms with Crippen LogP contribution in [0.3, 0.4) is 0 Å². The van der Waals surface area contributed by atoms with Crippen LogP contribution in [0.2, 0.25) is 5.02 Å². The third kappa shape index (κ3) is 5.09. The van der Waals surface area contributed by atoms with Gasteiger partial charge in [-0.15, -0.1) is 0 Å². The average molecular weight is 501 g/mol. The summed E-state index contributed by atoms with van der Waals surface area (Å²) in [5.74, 6) is -0.565. The molecule has 2 unspecified atom stereocenters. The molecule has 1 N–H and O–H groups in total. The van der Waals surface area contributed by atoms with Crippen LogP contribution in [-0.2, 0) is 11.4 Å². The third-order valence-electron chi connectivity index (χ3n) is 5.46. The molecule has 0 aliphatic carbocycles. The summed E-state index contributed by atoms with van der Waals surface area (Å²) >= 11 is 6.34. The van der Waals surface area contributed by atoms with E-state index in [0.29, 0.717) is 17.1 Å². The number of carbonyl (C=O) groups excluding carboxylic acids is 1. The van der Waals surface area contributed by atoms with Gasteiger partial charge in [-0.25, -0.2) is 23.4 Å². The van der Waals surface area contributed by atoms with Gasteiger partial charge in [-0.3, -0.25) is 4.79 Å². The van der Waals surface area contributed by atoms with Crippen molar-refractivity contribution in [3.63, 3.8) is 0 Å². The Hall–Kier alpha value is -3.59. The minimum atomic E-state index is -1.87. The highest BCUT2D eigenvalue weighted by molar-refractivity contribution is 6.31. The number of amides is 1. The van der Waals surface area contributed by atoms with E-state index in [1.165, 1.54) is 13.3 Å². The number of nitrogens with one attached hydrogen (secondary N) is 1. The van der Waals surface area contributed by atoms with Gasteiger partial charge in [-0.05, 0) is 57.5 Å². The Kier molecular flexibility index (Phi) is 6.59. The molecule has 0 aliphatic rings. The molecule has 0 aliphatic heterocycles. The first-order chi connectivity index (χ1) is 17.0. The van der Waals surface area contributed by atoms with Gasteiger partial charge in [0.15, 0.2) is 6.17 Å². The fourth-order valence-corrected chi connectivity index (χ4v) is 4.00. The molecule has 1 amide bonds. The van der Waals surface area contributed by atoms with Crippen LogP contribution in [0.1, 0.15) is 43.9 Å². The Morgan fingerprint density at radius 3 is 2.74 bits per heavy atom. The molecule has 35 heavy (non-hydrogen) atoms. The zero-order valence-electron chi connectivity index (χ0n) is 20.6. The van der Waals surface area contributed by atoms with Gasteiger partial charge in [0.05, 0.1) is 18.1 Å². The maximum Gasteiger partial charge on any atom is 0.254 e. The van der Waals surface area contributed by atoms with Crippen molar-refractivity contribution in [3.8, 4) is 11.4 Å². The Labute approximate surface area is 207 Å². The second-order valence-corrected chi connectivity index (χ2v) is 8.49. The van der Waals surface area contributed by atoms with Crippen molar-refractivity contribution in [3.05, 3.63) is 76.2 Å². The highest BCUT2D eigenvalue weighted by Crippen LogP contribution is 2.32. The first-order valence-electron chi connectivity index (χ1n) is 11.3. The van der Waals surface area contributed by atoms with Crippen molar-refractivity contribution in [1.82, 2.24) is 25.1 Å². The Bertz CT molecular complexity index is 1460. The van der Waals surface area contributed by atoms with Crippen molar-refractivity contribution >= 4 is 28.4 Å². The van der Waals surface area contributed by atoms with Crippen molar-refractivity contribution in [2.75, 3.05) is 0 Å². The van der Waals surface area contributed by atoms with Gasteiger partial charge in [0, 0.05) is 16.6 Å². The van der Waals surface area contributed by atoms with E-state index >= 15 is 0 Å². The third-order valence-corrected chi connectivity index (χ3v) is 5.80. The lowest BCUT2D eigenvalue weighted by atomic mass is 10.0. The van der Waals surface area contributed by atoms with Crippen molar-refractivity contribution < 1.29 is 19.7 Å². The lowest BCUT2D eigenvalue weighted by molar-refractivity contribution is -0.126. The van der Waals surface area contributed by atoms with Gasteiger partial charge in [0.1, 0.15) is 35.8 Å². The maximum atomic E-state index is 14.2. The molecule has 0 saturated carbocycles. The molecule has 2 aromatic carbocycles. The molecular weight excluding hydrogens is 476 g/mol. The molecule has 0 spiro atoms. The minimum Gasteiger partial charge on any atom is -0.487 e. The Morgan fingerprint density at radius 2 is 2.06 bits per heavy atom. The van der Waals surface area contributed by atoms with E-state index in [2.05, 4.69) is 20.4 Å². The van der Waals surface area contributed by atoms with Gasteiger partial charge in [0.25, 0.3) is 5.91 Å². The number of rotatable bonds is 7. The predicted molar refractivity (Wildman–Crippen MR) is 129 cm³/mol. The number of aryl methyl sites for hydroxylation is 2. The number of aromatic nitrogens is 4. The van der Waals surface area contributed by atoms with Crippen LogP contribution < -0.4 is 10.1 Å². The van der Waals surface area contributed by atoms with Crippen molar-refractivity contribution in [2.24, 2.45) is 0 Å². The average Bonchev–Trinajstić information content (AvgIpc) is 3.22. The van der Waals surface area contributed by atoms with Gasteiger partial charge in [-0.1, -0.05) is 23.7 Å². The van der Waals surface area contributed by atoms with Crippen LogP contribution in [0.15, 0.2) is 42.7 Å². The fourth-order valence-electron chi connectivity index (χ4n) is 3.74. The van der Waals surface area contributed by atoms with Gasteiger partial charge >= 0.3 is 0 Å². The summed E-state index contributed by atoms with van der Waals surface area (Å²) < 4.78 is 44.1. The fraction of sp³-hybridized carbons (Fsp3) is 0.280. The van der Waals surface area contributed by atoms with Crippen molar-refractivity contribution in [1.29, 1.82) is 0 Å². The molecule has 7 nitrogen and oxygen atoms in total. The lowest BCUT2D eigenvalue weighted by Crippen LogP contribution is -2.33. The SMILES string of the molecule is [2H]C(C)(NC(=O)C(C)F)c1cc(F)cc(Cl)c1COc1cccc2c(-n3ncnc3C)cc(C)nc12. The molecule has 2 aromatic heterocycles. The van der Waals surface area contributed by atoms with E-state index in [4.69, 9.17) is 17.7 Å². The standard InChI is InChI=1S/C25H24ClF2N5O2/c1-13-8-22(33-16(4)29-12-30-33)18-6-5-7-23(24(18)31-13)35-11-20-19(9-17(28)10-21(20)26)15(3)32-25(34)14(2)27/h5-10,12,14-15H,11H2,1-4H3,(H,32,34)/i15D. The summed E-state index contributed by atoms with van der Waals surface area (Å²) in [6, 6.07) is 7.62. The molecule has 182 valence electrons. The van der Waals surface area contributed by atoms with E-state index in [9.17, 15) is 13.6 Å². The Morgan fingerprint density at radius 1 is 1.29 bits per heavy atom. The topological polar surface area (TPSA) is 81.9 Å². The summed E-state index contributed by atoms with van der Waals surface area (Å²) in [7, 11) is 0. The highest BCUT2D eigenvalue weighted by Gasteiger charge is 2.21. The van der Waals surface area contributed by atoms with Gasteiger partial charge in [0.2, 0.25) is 0 Å². The Balaban J connectivity index is 1.74. The second kappa shape index (κ2) is 9.95. The van der Waals surface area contributed by atoms with Crippen LogP contribution in [0.4, 0.5) is 8.78 Å². The molecular formula is C25H24ClF2N5O2. The number of ether oxygens (including phenoxy) is 1. The number of halogens is 3. The van der Waals surface area contributed by atoms with Crippen LogP contribution in [-0.4, -0.2) is 31.8 Å². The van der Waals surface area contributed by atoms with Crippen LogP contribution in [0.5, 0.6) is 5.75 Å². The van der Waals surface area contributed by atoms with Crippen LogP contribution in [0.25, 0.3) is 16.6 Å². The van der Waals surface area contributed by atoms with E-state index in [1.54, 1.807) is 16.8 Å². The summed E-state index contributed by atoms with van der Waals surface area (Å²) in [6.45, 7) is 5.90. The van der Waals surface area contributed by atoms with Gasteiger partial charge < -0.3 is 10.1 Å². The number of alkyl halides is 1. The largest absolute Gasteiger partial charge is 0.487 e. The monoisotopic (exact) mass is 500 g/mol. The molecule has 4 aromatic rings. The summed E-state index contributed by atoms with van der Waals surface area (Å²) in [5.41, 5.74) is 2.39. The number of hydrogen-bond acceptors (Lipinski definition) is 5. The van der Waals surface area contributed by atoms with Crippen molar-refractivity contribution in [2.45, 2.75) is 46.5 Å². The second-order valence-electron chi connectivity index (χ2n) is 8.09. The molecule has 4 rings (SSSR count). The maximum absolute atomic E-state index is 14.2. The molecule has 0 saturated heterocycles. The highest BCUT2D eigenvalue weighted by atomic mass is 35.5. The molecule has 2 heterocycles. The van der Waals surface area contributed by atoms with E-state index in [0.717, 1.165) is 35.8 Å². The first-order valence-corrected chi connectivity index (χ1v) is 11.2. The smallest absolute Gasteiger partial charge is 0.254 e. The number of hydrogen-bond donors (Lipinski definition) is 1. The summed E-state index contributed by atoms with van der Waals surface area (Å²) in [4.78, 5) is 20.8. The predicted octanol–water partition coefficient (Wildman–Crippen LogP) is 5.34. The normalized spacial score (nSPS) is 14.3. The minimum absolute atomic E-state index is 0.00864. The summed E-state index contributed by atoms with van der Waals surface area (Å²) in [6.07, 6.45) is -0.374. The molecule has 2 atom stereocenters. The van der Waals surface area contributed by atoms with E-state index in [1.807, 2.05) is 26.0 Å². The number of benzene rings is 2. The van der Waals surface area contributed by atoms with Crippen LogP contribution >= 0.6 is 11.6 Å². The zero-order valence-corrected chi connectivity index (χ0v) is 20.3. The number of pyridine rings is 1. The number of para-hydroxylation sites is 1. The molecule has 0 radical (unpaired) electrons. The molecule has 0 bridgehead atoms. The van der Waals surface area contributed by atoms with Crippen LogP contribution in [0, 0.1) is 19.7 Å². The van der Waals surface area contributed by atoms with E-state index < -0.39 is 23.9 Å². The first kappa shape index (κ1) is 23.2. The quantitative estimate of drug-likeness (QED) is 0.370. The lowest BCUT2D eigenvalue weighted by Gasteiger charge is -2.20. The van der Waals surface area contributed by atoms with E-state index in [-0.39, 0.29) is 22.8 Å². The number of carbonyl (C=O) groups is 1.